The minimum Gasteiger partial charge on any atom is -0.486 e. The monoisotopic (exact) mass is 355 g/mol. The van der Waals surface area contributed by atoms with E-state index in [2.05, 4.69) is 15.3 Å². The Kier molecular flexibility index (Phi) is 4.23. The standard InChI is InChI=1S/C18H17N3O3S/c1-11(25-18-20-13-4-2-3-5-14(13)21-18)17(22)19-12-6-7-15-16(10-12)24-9-8-23-15/h2-7,10-11H,8-9H2,1H3,(H,19,22)(H,20,21)/t11-/m1/s1. The van der Waals surface area contributed by atoms with Crippen molar-refractivity contribution in [2.45, 2.75) is 17.3 Å². The van der Waals surface area contributed by atoms with Gasteiger partial charge in [0.15, 0.2) is 16.7 Å². The lowest BCUT2D eigenvalue weighted by Gasteiger charge is -2.19. The predicted molar refractivity (Wildman–Crippen MR) is 97.5 cm³/mol. The number of carbonyl (C=O) groups is 1. The van der Waals surface area contributed by atoms with Gasteiger partial charge in [-0.15, -0.1) is 0 Å². The highest BCUT2D eigenvalue weighted by Crippen LogP contribution is 2.33. The van der Waals surface area contributed by atoms with Crippen LogP contribution in [0.5, 0.6) is 11.5 Å². The van der Waals surface area contributed by atoms with E-state index >= 15 is 0 Å². The Morgan fingerprint density at radius 2 is 2.00 bits per heavy atom. The summed E-state index contributed by atoms with van der Waals surface area (Å²) in [6, 6.07) is 13.2. The van der Waals surface area contributed by atoms with Gasteiger partial charge in [0.25, 0.3) is 0 Å². The SMILES string of the molecule is C[C@@H](Sc1nc2ccccc2[nH]1)C(=O)Nc1ccc2c(c1)OCCO2. The van der Waals surface area contributed by atoms with Gasteiger partial charge >= 0.3 is 0 Å². The van der Waals surface area contributed by atoms with Crippen molar-refractivity contribution < 1.29 is 14.3 Å². The van der Waals surface area contributed by atoms with E-state index in [0.717, 1.165) is 16.2 Å². The van der Waals surface area contributed by atoms with E-state index in [1.807, 2.05) is 37.3 Å². The number of amides is 1. The van der Waals surface area contributed by atoms with Crippen LogP contribution >= 0.6 is 11.8 Å². The number of hydrogen-bond donors (Lipinski definition) is 2. The molecule has 0 aliphatic carbocycles. The van der Waals surface area contributed by atoms with E-state index in [4.69, 9.17) is 9.47 Å². The number of nitrogens with one attached hydrogen (secondary N) is 2. The van der Waals surface area contributed by atoms with Crippen molar-refractivity contribution >= 4 is 34.4 Å². The molecule has 0 spiro atoms. The molecule has 0 saturated heterocycles. The van der Waals surface area contributed by atoms with Crippen LogP contribution < -0.4 is 14.8 Å². The Balaban J connectivity index is 1.43. The van der Waals surface area contributed by atoms with Crippen LogP contribution in [-0.4, -0.2) is 34.3 Å². The van der Waals surface area contributed by atoms with Gasteiger partial charge in [-0.1, -0.05) is 23.9 Å². The predicted octanol–water partition coefficient (Wildman–Crippen LogP) is 3.45. The molecule has 0 saturated carbocycles. The molecular formula is C18H17N3O3S. The summed E-state index contributed by atoms with van der Waals surface area (Å²) in [5.41, 5.74) is 2.54. The Morgan fingerprint density at radius 1 is 1.20 bits per heavy atom. The summed E-state index contributed by atoms with van der Waals surface area (Å²) in [5, 5.41) is 3.34. The van der Waals surface area contributed by atoms with Crippen molar-refractivity contribution in [2.75, 3.05) is 18.5 Å². The van der Waals surface area contributed by atoms with Gasteiger partial charge in [-0.2, -0.15) is 0 Å². The number of para-hydroxylation sites is 2. The topological polar surface area (TPSA) is 76.2 Å². The van der Waals surface area contributed by atoms with Gasteiger partial charge in [-0.3, -0.25) is 4.79 Å². The molecule has 0 radical (unpaired) electrons. The molecule has 1 amide bonds. The molecule has 6 nitrogen and oxygen atoms in total. The smallest absolute Gasteiger partial charge is 0.237 e. The number of ether oxygens (including phenoxy) is 2. The molecule has 1 aromatic heterocycles. The van der Waals surface area contributed by atoms with Crippen LogP contribution in [0, 0.1) is 0 Å². The lowest BCUT2D eigenvalue weighted by molar-refractivity contribution is -0.115. The summed E-state index contributed by atoms with van der Waals surface area (Å²) < 4.78 is 11.0. The molecule has 25 heavy (non-hydrogen) atoms. The first kappa shape index (κ1) is 15.8. The van der Waals surface area contributed by atoms with Gasteiger partial charge in [0.05, 0.1) is 16.3 Å². The quantitative estimate of drug-likeness (QED) is 0.701. The molecule has 1 aliphatic heterocycles. The fourth-order valence-corrected chi connectivity index (χ4v) is 3.39. The number of thioether (sulfide) groups is 1. The second-order valence-electron chi connectivity index (χ2n) is 5.67. The number of anilines is 1. The minimum absolute atomic E-state index is 0.0952. The van der Waals surface area contributed by atoms with E-state index in [0.29, 0.717) is 30.4 Å². The molecule has 2 N–H and O–H groups in total. The van der Waals surface area contributed by atoms with Crippen LogP contribution in [0.2, 0.25) is 0 Å². The highest BCUT2D eigenvalue weighted by Gasteiger charge is 2.18. The molecule has 4 rings (SSSR count). The van der Waals surface area contributed by atoms with Crippen LogP contribution in [0.15, 0.2) is 47.6 Å². The summed E-state index contributed by atoms with van der Waals surface area (Å²) in [7, 11) is 0. The van der Waals surface area contributed by atoms with Gasteiger partial charge < -0.3 is 19.8 Å². The third kappa shape index (κ3) is 3.41. The normalized spacial score (nSPS) is 14.3. The van der Waals surface area contributed by atoms with E-state index in [9.17, 15) is 4.79 Å². The molecule has 0 fully saturated rings. The van der Waals surface area contributed by atoms with Crippen molar-refractivity contribution in [3.05, 3.63) is 42.5 Å². The number of fused-ring (bicyclic) bond motifs is 2. The fourth-order valence-electron chi connectivity index (χ4n) is 2.57. The highest BCUT2D eigenvalue weighted by atomic mass is 32.2. The Morgan fingerprint density at radius 3 is 2.84 bits per heavy atom. The summed E-state index contributed by atoms with van der Waals surface area (Å²) >= 11 is 1.39. The number of carbonyl (C=O) groups excluding carboxylic acids is 1. The summed E-state index contributed by atoms with van der Waals surface area (Å²) in [4.78, 5) is 20.2. The molecule has 1 atom stereocenters. The van der Waals surface area contributed by atoms with Crippen molar-refractivity contribution in [3.8, 4) is 11.5 Å². The molecular weight excluding hydrogens is 338 g/mol. The average Bonchev–Trinajstić information content (AvgIpc) is 3.03. The van der Waals surface area contributed by atoms with Gasteiger partial charge in [-0.25, -0.2) is 4.98 Å². The second kappa shape index (κ2) is 6.68. The summed E-state index contributed by atoms with van der Waals surface area (Å²) in [6.45, 7) is 2.91. The maximum absolute atomic E-state index is 12.5. The molecule has 0 unspecified atom stereocenters. The second-order valence-corrected chi connectivity index (χ2v) is 7.00. The number of hydrogen-bond acceptors (Lipinski definition) is 5. The number of rotatable bonds is 4. The number of nitrogens with zero attached hydrogens (tertiary/aromatic N) is 1. The lowest BCUT2D eigenvalue weighted by atomic mass is 10.2. The maximum atomic E-state index is 12.5. The summed E-state index contributed by atoms with van der Waals surface area (Å²) in [5.74, 6) is 1.26. The molecule has 7 heteroatoms. The fraction of sp³-hybridized carbons (Fsp3) is 0.222. The van der Waals surface area contributed by atoms with E-state index < -0.39 is 0 Å². The van der Waals surface area contributed by atoms with Gasteiger partial charge in [-0.05, 0) is 31.2 Å². The van der Waals surface area contributed by atoms with Gasteiger partial charge in [0.1, 0.15) is 13.2 Å². The zero-order valence-corrected chi connectivity index (χ0v) is 14.4. The Bertz CT molecular complexity index is 892. The first-order chi connectivity index (χ1) is 12.2. The van der Waals surface area contributed by atoms with Gasteiger partial charge in [0.2, 0.25) is 5.91 Å². The number of aromatic nitrogens is 2. The minimum atomic E-state index is -0.297. The molecule has 3 aromatic rings. The Hall–Kier alpha value is -2.67. The molecule has 1 aliphatic rings. The van der Waals surface area contributed by atoms with Crippen molar-refractivity contribution in [1.82, 2.24) is 9.97 Å². The Labute approximate surface area is 148 Å². The van der Waals surface area contributed by atoms with Crippen molar-refractivity contribution in [3.63, 3.8) is 0 Å². The zero-order chi connectivity index (χ0) is 17.2. The summed E-state index contributed by atoms with van der Waals surface area (Å²) in [6.07, 6.45) is 0. The largest absolute Gasteiger partial charge is 0.486 e. The highest BCUT2D eigenvalue weighted by molar-refractivity contribution is 8.00. The molecule has 128 valence electrons. The van der Waals surface area contributed by atoms with Crippen molar-refractivity contribution in [1.29, 1.82) is 0 Å². The first-order valence-corrected chi connectivity index (χ1v) is 8.89. The molecule has 2 aromatic carbocycles. The first-order valence-electron chi connectivity index (χ1n) is 8.01. The number of imidazole rings is 1. The third-order valence-electron chi connectivity index (χ3n) is 3.83. The van der Waals surface area contributed by atoms with Crippen LogP contribution in [0.3, 0.4) is 0 Å². The molecule has 0 bridgehead atoms. The van der Waals surface area contributed by atoms with Crippen molar-refractivity contribution in [2.24, 2.45) is 0 Å². The van der Waals surface area contributed by atoms with Crippen LogP contribution in [0.1, 0.15) is 6.92 Å². The third-order valence-corrected chi connectivity index (χ3v) is 4.82. The molecule has 2 heterocycles. The van der Waals surface area contributed by atoms with E-state index in [-0.39, 0.29) is 11.2 Å². The number of aromatic amines is 1. The lowest BCUT2D eigenvalue weighted by Crippen LogP contribution is -2.23. The van der Waals surface area contributed by atoms with Crippen LogP contribution in [-0.2, 0) is 4.79 Å². The number of H-pyrrole nitrogens is 1. The van der Waals surface area contributed by atoms with Gasteiger partial charge in [0, 0.05) is 11.8 Å². The van der Waals surface area contributed by atoms with Crippen LogP contribution in [0.25, 0.3) is 11.0 Å². The average molecular weight is 355 g/mol. The van der Waals surface area contributed by atoms with E-state index in [1.165, 1.54) is 11.8 Å². The van der Waals surface area contributed by atoms with Crippen LogP contribution in [0.4, 0.5) is 5.69 Å². The van der Waals surface area contributed by atoms with E-state index in [1.54, 1.807) is 12.1 Å². The number of benzene rings is 2. The maximum Gasteiger partial charge on any atom is 0.237 e. The zero-order valence-electron chi connectivity index (χ0n) is 13.6.